The standard InChI is InChI=1S/C14H10O3.3C4H9.Sn/c15-13(10-4-2-1-3-5-10)11-6-8-12(9-7-11)14(16)17;3*1-3-4-2;/h1-9H,(H,16,17);3*1,3-4H2,2H3;/q;;;;+1/p-1. The molecule has 0 heterocycles. The fourth-order valence-electron chi connectivity index (χ4n) is 3.79. The van der Waals surface area contributed by atoms with Gasteiger partial charge in [-0.15, -0.1) is 0 Å². The monoisotopic (exact) mass is 516 g/mol. The Kier molecular flexibility index (Phi) is 10.6. The number of ketones is 1. The Morgan fingerprint density at radius 1 is 0.667 bits per heavy atom. The van der Waals surface area contributed by atoms with Crippen LogP contribution in [-0.4, -0.2) is 30.5 Å². The van der Waals surface area contributed by atoms with Gasteiger partial charge in [-0.25, -0.2) is 0 Å². The molecule has 0 saturated heterocycles. The summed E-state index contributed by atoms with van der Waals surface area (Å²) in [6.45, 7) is 6.63. The fourth-order valence-corrected chi connectivity index (χ4v) is 16.8. The molecule has 30 heavy (non-hydrogen) atoms. The van der Waals surface area contributed by atoms with Crippen LogP contribution in [0.15, 0.2) is 54.6 Å². The van der Waals surface area contributed by atoms with Gasteiger partial charge in [-0.3, -0.25) is 0 Å². The zero-order valence-electron chi connectivity index (χ0n) is 18.8. The maximum atomic E-state index is 13.0. The van der Waals surface area contributed by atoms with Gasteiger partial charge in [0, 0.05) is 0 Å². The Balaban J connectivity index is 2.16. The van der Waals surface area contributed by atoms with Crippen molar-refractivity contribution in [3.05, 3.63) is 71.3 Å². The van der Waals surface area contributed by atoms with Crippen molar-refractivity contribution in [2.75, 3.05) is 0 Å². The van der Waals surface area contributed by atoms with Crippen LogP contribution in [0.5, 0.6) is 0 Å². The molecule has 0 atom stereocenters. The van der Waals surface area contributed by atoms with Crippen molar-refractivity contribution in [3.8, 4) is 0 Å². The zero-order chi connectivity index (χ0) is 21.8. The van der Waals surface area contributed by atoms with E-state index in [0.29, 0.717) is 16.7 Å². The Labute approximate surface area is 186 Å². The molecule has 0 fully saturated rings. The van der Waals surface area contributed by atoms with Gasteiger partial charge in [-0.1, -0.05) is 0 Å². The molecular formula is C26H36O3Sn. The predicted octanol–water partition coefficient (Wildman–Crippen LogP) is 7.42. The van der Waals surface area contributed by atoms with E-state index >= 15 is 0 Å². The first-order valence-electron chi connectivity index (χ1n) is 11.5. The Morgan fingerprint density at radius 2 is 1.10 bits per heavy atom. The summed E-state index contributed by atoms with van der Waals surface area (Å²) in [4.78, 5) is 25.7. The van der Waals surface area contributed by atoms with Crippen molar-refractivity contribution in [2.24, 2.45) is 0 Å². The summed E-state index contributed by atoms with van der Waals surface area (Å²) < 4.78 is 9.78. The summed E-state index contributed by atoms with van der Waals surface area (Å²) in [5.41, 5.74) is 1.81. The average Bonchev–Trinajstić information content (AvgIpc) is 2.80. The van der Waals surface area contributed by atoms with Gasteiger partial charge in [0.15, 0.2) is 0 Å². The van der Waals surface area contributed by atoms with Crippen LogP contribution in [0.3, 0.4) is 0 Å². The second-order valence-corrected chi connectivity index (χ2v) is 19.8. The molecule has 0 radical (unpaired) electrons. The molecule has 0 saturated carbocycles. The van der Waals surface area contributed by atoms with E-state index in [0.717, 1.165) is 51.8 Å². The maximum absolute atomic E-state index is 13.0. The molecule has 0 aliphatic heterocycles. The van der Waals surface area contributed by atoms with Gasteiger partial charge in [-0.05, 0) is 0 Å². The molecule has 0 N–H and O–H groups in total. The quantitative estimate of drug-likeness (QED) is 0.206. The number of carbonyl (C=O) groups excluding carboxylic acids is 2. The third kappa shape index (κ3) is 7.26. The zero-order valence-corrected chi connectivity index (χ0v) is 21.6. The summed E-state index contributed by atoms with van der Waals surface area (Å²) in [7, 11) is 0. The third-order valence-electron chi connectivity index (χ3n) is 5.69. The van der Waals surface area contributed by atoms with E-state index in [4.69, 9.17) is 3.07 Å². The number of unbranched alkanes of at least 4 members (excludes halogenated alkanes) is 3. The summed E-state index contributed by atoms with van der Waals surface area (Å²) in [5.74, 6) is -0.217. The van der Waals surface area contributed by atoms with Gasteiger partial charge in [0.1, 0.15) is 0 Å². The summed E-state index contributed by atoms with van der Waals surface area (Å²) in [5, 5.41) is 0. The molecule has 3 nitrogen and oxygen atoms in total. The topological polar surface area (TPSA) is 43.4 Å². The average molecular weight is 515 g/mol. The van der Waals surface area contributed by atoms with Crippen molar-refractivity contribution in [3.63, 3.8) is 0 Å². The second kappa shape index (κ2) is 12.9. The van der Waals surface area contributed by atoms with Gasteiger partial charge in [0.2, 0.25) is 0 Å². The van der Waals surface area contributed by atoms with Crippen molar-refractivity contribution in [1.29, 1.82) is 0 Å². The van der Waals surface area contributed by atoms with Crippen LogP contribution in [0.2, 0.25) is 13.3 Å². The van der Waals surface area contributed by atoms with Crippen molar-refractivity contribution >= 4 is 30.5 Å². The molecule has 4 heteroatoms. The Bertz CT molecular complexity index is 762. The number of hydrogen-bond donors (Lipinski definition) is 0. The van der Waals surface area contributed by atoms with E-state index < -0.39 is 18.8 Å². The van der Waals surface area contributed by atoms with E-state index in [2.05, 4.69) is 20.8 Å². The number of carbonyl (C=O) groups is 2. The molecule has 0 aromatic heterocycles. The predicted molar refractivity (Wildman–Crippen MR) is 127 cm³/mol. The normalized spacial score (nSPS) is 11.3. The molecule has 0 bridgehead atoms. The molecule has 0 spiro atoms. The first kappa shape index (κ1) is 24.6. The molecule has 2 rings (SSSR count). The van der Waals surface area contributed by atoms with Gasteiger partial charge < -0.3 is 0 Å². The molecule has 0 unspecified atom stereocenters. The van der Waals surface area contributed by atoms with E-state index in [1.807, 2.05) is 30.3 Å². The van der Waals surface area contributed by atoms with Crippen molar-refractivity contribution in [2.45, 2.75) is 72.6 Å². The van der Waals surface area contributed by atoms with Crippen LogP contribution in [0.25, 0.3) is 0 Å². The molecule has 0 amide bonds. The van der Waals surface area contributed by atoms with Crippen LogP contribution in [0, 0.1) is 0 Å². The number of rotatable bonds is 13. The number of hydrogen-bond acceptors (Lipinski definition) is 3. The van der Waals surface area contributed by atoms with Crippen LogP contribution in [0.1, 0.15) is 85.6 Å². The molecule has 0 aliphatic rings. The molecular weight excluding hydrogens is 479 g/mol. The van der Waals surface area contributed by atoms with Gasteiger partial charge in [0.25, 0.3) is 0 Å². The van der Waals surface area contributed by atoms with Crippen LogP contribution >= 0.6 is 0 Å². The molecule has 2 aromatic carbocycles. The van der Waals surface area contributed by atoms with Gasteiger partial charge >= 0.3 is 187 Å². The second-order valence-electron chi connectivity index (χ2n) is 8.16. The molecule has 162 valence electrons. The van der Waals surface area contributed by atoms with Gasteiger partial charge in [0.05, 0.1) is 0 Å². The summed E-state index contributed by atoms with van der Waals surface area (Å²) in [6.07, 6.45) is 6.89. The minimum atomic E-state index is -3.00. The third-order valence-corrected chi connectivity index (χ3v) is 18.3. The van der Waals surface area contributed by atoms with E-state index in [9.17, 15) is 9.59 Å². The van der Waals surface area contributed by atoms with Crippen molar-refractivity contribution in [1.82, 2.24) is 0 Å². The SMILES string of the molecule is CCC[CH2][Sn]([CH2]CCC)([CH2]CCC)[O]C(=O)c1ccc(C(=O)c2ccccc2)cc1. The Hall–Kier alpha value is -1.62. The summed E-state index contributed by atoms with van der Waals surface area (Å²) >= 11 is -3.00. The van der Waals surface area contributed by atoms with Crippen LogP contribution in [-0.2, 0) is 3.07 Å². The first-order chi connectivity index (χ1) is 14.5. The fraction of sp³-hybridized carbons (Fsp3) is 0.462. The Morgan fingerprint density at radius 3 is 1.57 bits per heavy atom. The molecule has 0 aliphatic carbocycles. The molecule has 2 aromatic rings. The van der Waals surface area contributed by atoms with Crippen molar-refractivity contribution < 1.29 is 12.7 Å². The summed E-state index contributed by atoms with van der Waals surface area (Å²) in [6, 6.07) is 16.2. The number of benzene rings is 2. The van der Waals surface area contributed by atoms with Gasteiger partial charge in [-0.2, -0.15) is 0 Å². The van der Waals surface area contributed by atoms with E-state index in [1.165, 1.54) is 0 Å². The van der Waals surface area contributed by atoms with Crippen LogP contribution in [0.4, 0.5) is 0 Å². The van der Waals surface area contributed by atoms with Crippen LogP contribution < -0.4 is 0 Å². The van der Waals surface area contributed by atoms with E-state index in [-0.39, 0.29) is 11.8 Å². The first-order valence-corrected chi connectivity index (χ1v) is 18.7. The minimum absolute atomic E-state index is 0.0297. The van der Waals surface area contributed by atoms with E-state index in [1.54, 1.807) is 24.3 Å².